The molecule has 0 bridgehead atoms. The van der Waals surface area contributed by atoms with Crippen molar-refractivity contribution < 1.29 is 19.1 Å². The van der Waals surface area contributed by atoms with Gasteiger partial charge in [-0.05, 0) is 43.7 Å². The van der Waals surface area contributed by atoms with Gasteiger partial charge in [0.2, 0.25) is 5.76 Å². The lowest BCUT2D eigenvalue weighted by molar-refractivity contribution is 0.0659. The SMILES string of the molecule is CC(C)Nc1cccc(CNC(=O)c2ccc(C(=O)O)o2)c1. The standard InChI is InChI=1S/C16H18N2O4/c1-10(2)18-12-5-3-4-11(8-12)9-17-15(19)13-6-7-14(22-13)16(20)21/h3-8,10,18H,9H2,1-2H3,(H,17,19)(H,20,21). The molecule has 1 aromatic carbocycles. The zero-order chi connectivity index (χ0) is 16.1. The minimum absolute atomic E-state index is 0.0196. The highest BCUT2D eigenvalue weighted by Crippen LogP contribution is 2.12. The molecule has 3 N–H and O–H groups in total. The van der Waals surface area contributed by atoms with Crippen molar-refractivity contribution in [1.82, 2.24) is 5.32 Å². The lowest BCUT2D eigenvalue weighted by Gasteiger charge is -2.11. The van der Waals surface area contributed by atoms with E-state index in [-0.39, 0.29) is 11.5 Å². The molecule has 0 fully saturated rings. The first-order valence-corrected chi connectivity index (χ1v) is 6.92. The third kappa shape index (κ3) is 4.12. The van der Waals surface area contributed by atoms with Crippen molar-refractivity contribution in [3.05, 3.63) is 53.5 Å². The molecule has 0 radical (unpaired) electrons. The van der Waals surface area contributed by atoms with Crippen LogP contribution in [-0.4, -0.2) is 23.0 Å². The number of furan rings is 1. The topological polar surface area (TPSA) is 91.6 Å². The van der Waals surface area contributed by atoms with E-state index in [9.17, 15) is 9.59 Å². The van der Waals surface area contributed by atoms with Crippen molar-refractivity contribution in [2.45, 2.75) is 26.4 Å². The number of hydrogen-bond donors (Lipinski definition) is 3. The second-order valence-corrected chi connectivity index (χ2v) is 5.15. The van der Waals surface area contributed by atoms with Gasteiger partial charge in [0.15, 0.2) is 5.76 Å². The minimum atomic E-state index is -1.20. The van der Waals surface area contributed by atoms with E-state index < -0.39 is 11.9 Å². The van der Waals surface area contributed by atoms with E-state index in [0.717, 1.165) is 11.3 Å². The van der Waals surface area contributed by atoms with Crippen LogP contribution in [0.15, 0.2) is 40.8 Å². The number of carbonyl (C=O) groups excluding carboxylic acids is 1. The average Bonchev–Trinajstić information content (AvgIpc) is 2.94. The zero-order valence-corrected chi connectivity index (χ0v) is 12.4. The molecule has 0 saturated carbocycles. The van der Waals surface area contributed by atoms with E-state index in [1.165, 1.54) is 12.1 Å². The summed E-state index contributed by atoms with van der Waals surface area (Å²) in [5.41, 5.74) is 1.91. The maximum Gasteiger partial charge on any atom is 0.371 e. The van der Waals surface area contributed by atoms with Crippen LogP contribution in [0.4, 0.5) is 5.69 Å². The summed E-state index contributed by atoms with van der Waals surface area (Å²) in [6, 6.07) is 10.6. The number of aromatic carboxylic acids is 1. The lowest BCUT2D eigenvalue weighted by atomic mass is 10.2. The van der Waals surface area contributed by atoms with Gasteiger partial charge in [-0.1, -0.05) is 12.1 Å². The molecule has 0 aliphatic carbocycles. The van der Waals surface area contributed by atoms with Crippen molar-refractivity contribution >= 4 is 17.6 Å². The molecule has 1 aromatic heterocycles. The molecular formula is C16H18N2O4. The molecule has 0 saturated heterocycles. The number of rotatable bonds is 6. The van der Waals surface area contributed by atoms with Crippen molar-refractivity contribution in [2.75, 3.05) is 5.32 Å². The third-order valence-electron chi connectivity index (χ3n) is 2.88. The number of carbonyl (C=O) groups is 2. The van der Waals surface area contributed by atoms with Crippen LogP contribution >= 0.6 is 0 Å². The van der Waals surface area contributed by atoms with Crippen LogP contribution < -0.4 is 10.6 Å². The summed E-state index contributed by atoms with van der Waals surface area (Å²) in [5, 5.41) is 14.7. The Balaban J connectivity index is 1.97. The number of carboxylic acid groups (broad SMARTS) is 1. The number of amides is 1. The second-order valence-electron chi connectivity index (χ2n) is 5.15. The summed E-state index contributed by atoms with van der Waals surface area (Å²) in [6.07, 6.45) is 0. The molecule has 22 heavy (non-hydrogen) atoms. The molecule has 6 heteroatoms. The Kier molecular flexibility index (Phi) is 4.83. The summed E-state index contributed by atoms with van der Waals surface area (Å²) in [6.45, 7) is 4.42. The van der Waals surface area contributed by atoms with E-state index in [0.29, 0.717) is 12.6 Å². The second kappa shape index (κ2) is 6.80. The largest absolute Gasteiger partial charge is 0.475 e. The number of carboxylic acids is 1. The number of nitrogens with one attached hydrogen (secondary N) is 2. The molecule has 1 amide bonds. The molecule has 2 rings (SSSR count). The highest BCUT2D eigenvalue weighted by Gasteiger charge is 2.14. The van der Waals surface area contributed by atoms with Gasteiger partial charge >= 0.3 is 5.97 Å². The molecule has 1 heterocycles. The van der Waals surface area contributed by atoms with Crippen LogP contribution in [0.25, 0.3) is 0 Å². The van der Waals surface area contributed by atoms with E-state index in [2.05, 4.69) is 10.6 Å². The summed E-state index contributed by atoms with van der Waals surface area (Å²) in [5.74, 6) is -1.93. The fourth-order valence-corrected chi connectivity index (χ4v) is 1.95. The normalized spacial score (nSPS) is 10.5. The highest BCUT2D eigenvalue weighted by molar-refractivity contribution is 5.93. The Hall–Kier alpha value is -2.76. The fraction of sp³-hybridized carbons (Fsp3) is 0.250. The lowest BCUT2D eigenvalue weighted by Crippen LogP contribution is -2.22. The van der Waals surface area contributed by atoms with Gasteiger partial charge in [0.05, 0.1) is 0 Å². The average molecular weight is 302 g/mol. The van der Waals surface area contributed by atoms with Gasteiger partial charge < -0.3 is 20.2 Å². The van der Waals surface area contributed by atoms with Crippen LogP contribution in [0.5, 0.6) is 0 Å². The van der Waals surface area contributed by atoms with Gasteiger partial charge in [0.25, 0.3) is 5.91 Å². The predicted molar refractivity (Wildman–Crippen MR) is 82.0 cm³/mol. The van der Waals surface area contributed by atoms with E-state index in [1.807, 2.05) is 38.1 Å². The molecule has 0 aliphatic rings. The zero-order valence-electron chi connectivity index (χ0n) is 12.4. The third-order valence-corrected chi connectivity index (χ3v) is 2.88. The Labute approximate surface area is 128 Å². The van der Waals surface area contributed by atoms with Crippen LogP contribution in [0.1, 0.15) is 40.5 Å². The van der Waals surface area contributed by atoms with E-state index in [1.54, 1.807) is 0 Å². The first-order valence-electron chi connectivity index (χ1n) is 6.92. The highest BCUT2D eigenvalue weighted by atomic mass is 16.4. The first-order chi connectivity index (χ1) is 10.5. The van der Waals surface area contributed by atoms with Crippen LogP contribution in [-0.2, 0) is 6.54 Å². The molecular weight excluding hydrogens is 284 g/mol. The van der Waals surface area contributed by atoms with Gasteiger partial charge in [0, 0.05) is 18.3 Å². The van der Waals surface area contributed by atoms with Gasteiger partial charge in [-0.25, -0.2) is 4.79 Å². The summed E-state index contributed by atoms with van der Waals surface area (Å²) >= 11 is 0. The van der Waals surface area contributed by atoms with E-state index >= 15 is 0 Å². The molecule has 116 valence electrons. The molecule has 2 aromatic rings. The van der Waals surface area contributed by atoms with E-state index in [4.69, 9.17) is 9.52 Å². The van der Waals surface area contributed by atoms with Crippen molar-refractivity contribution in [3.8, 4) is 0 Å². The van der Waals surface area contributed by atoms with Crippen LogP contribution in [0.2, 0.25) is 0 Å². The van der Waals surface area contributed by atoms with Crippen LogP contribution in [0.3, 0.4) is 0 Å². The van der Waals surface area contributed by atoms with Gasteiger partial charge in [-0.15, -0.1) is 0 Å². The monoisotopic (exact) mass is 302 g/mol. The summed E-state index contributed by atoms with van der Waals surface area (Å²) in [7, 11) is 0. The number of hydrogen-bond acceptors (Lipinski definition) is 4. The van der Waals surface area contributed by atoms with Crippen molar-refractivity contribution in [2.24, 2.45) is 0 Å². The summed E-state index contributed by atoms with van der Waals surface area (Å²) in [4.78, 5) is 22.6. The number of benzene rings is 1. The van der Waals surface area contributed by atoms with Crippen molar-refractivity contribution in [3.63, 3.8) is 0 Å². The number of anilines is 1. The smallest absolute Gasteiger partial charge is 0.371 e. The minimum Gasteiger partial charge on any atom is -0.475 e. The Bertz CT molecular complexity index is 676. The van der Waals surface area contributed by atoms with Gasteiger partial charge in [0.1, 0.15) is 0 Å². The molecule has 0 atom stereocenters. The molecule has 0 unspecified atom stereocenters. The predicted octanol–water partition coefficient (Wildman–Crippen LogP) is 2.73. The van der Waals surface area contributed by atoms with Crippen LogP contribution in [0, 0.1) is 0 Å². The maximum atomic E-state index is 11.9. The Morgan fingerprint density at radius 1 is 1.18 bits per heavy atom. The van der Waals surface area contributed by atoms with Gasteiger partial charge in [-0.2, -0.15) is 0 Å². The summed E-state index contributed by atoms with van der Waals surface area (Å²) < 4.78 is 4.95. The Morgan fingerprint density at radius 2 is 1.91 bits per heavy atom. The molecule has 0 spiro atoms. The Morgan fingerprint density at radius 3 is 2.55 bits per heavy atom. The van der Waals surface area contributed by atoms with Crippen molar-refractivity contribution in [1.29, 1.82) is 0 Å². The molecule has 0 aliphatic heterocycles. The molecule has 6 nitrogen and oxygen atoms in total. The fourth-order valence-electron chi connectivity index (χ4n) is 1.95. The first kappa shape index (κ1) is 15.6. The maximum absolute atomic E-state index is 11.9. The quantitative estimate of drug-likeness (QED) is 0.763. The van der Waals surface area contributed by atoms with Gasteiger partial charge in [-0.3, -0.25) is 4.79 Å².